The standard InChI is InChI=1S/C12H25N3O2/c1-11(2,3)15-10(16)14-9-12(17-4)5-7-13-8-6-12/h13H,5-9H2,1-4H3,(H2,14,15,16). The van der Waals surface area contributed by atoms with Crippen LogP contribution in [0, 0.1) is 0 Å². The number of nitrogens with one attached hydrogen (secondary N) is 3. The average molecular weight is 243 g/mol. The van der Waals surface area contributed by atoms with Crippen molar-refractivity contribution in [3.8, 4) is 0 Å². The van der Waals surface area contributed by atoms with Gasteiger partial charge < -0.3 is 20.7 Å². The molecular formula is C12H25N3O2. The summed E-state index contributed by atoms with van der Waals surface area (Å²) < 4.78 is 5.58. The Kier molecular flexibility index (Phi) is 4.77. The lowest BCUT2D eigenvalue weighted by atomic mass is 9.92. The van der Waals surface area contributed by atoms with Crippen LogP contribution in [0.4, 0.5) is 4.79 Å². The molecule has 0 spiro atoms. The highest BCUT2D eigenvalue weighted by Crippen LogP contribution is 2.21. The van der Waals surface area contributed by atoms with Gasteiger partial charge in [0.1, 0.15) is 0 Å². The molecule has 1 saturated heterocycles. The number of rotatable bonds is 3. The van der Waals surface area contributed by atoms with E-state index in [1.165, 1.54) is 0 Å². The molecule has 2 amide bonds. The van der Waals surface area contributed by atoms with Crippen LogP contribution >= 0.6 is 0 Å². The topological polar surface area (TPSA) is 62.4 Å². The van der Waals surface area contributed by atoms with Crippen molar-refractivity contribution < 1.29 is 9.53 Å². The highest BCUT2D eigenvalue weighted by molar-refractivity contribution is 5.74. The molecule has 0 bridgehead atoms. The minimum Gasteiger partial charge on any atom is -0.376 e. The lowest BCUT2D eigenvalue weighted by Crippen LogP contribution is -2.54. The maximum absolute atomic E-state index is 11.7. The molecule has 0 aromatic heterocycles. The molecule has 0 radical (unpaired) electrons. The highest BCUT2D eigenvalue weighted by Gasteiger charge is 2.32. The number of methoxy groups -OCH3 is 1. The van der Waals surface area contributed by atoms with E-state index >= 15 is 0 Å². The summed E-state index contributed by atoms with van der Waals surface area (Å²) in [6.45, 7) is 8.33. The van der Waals surface area contributed by atoms with E-state index in [-0.39, 0.29) is 17.2 Å². The van der Waals surface area contributed by atoms with Gasteiger partial charge >= 0.3 is 6.03 Å². The molecule has 1 aliphatic rings. The Balaban J connectivity index is 2.39. The molecule has 0 aliphatic carbocycles. The minimum absolute atomic E-state index is 0.132. The van der Waals surface area contributed by atoms with Crippen LogP contribution in [0.25, 0.3) is 0 Å². The van der Waals surface area contributed by atoms with Crippen LogP contribution in [0.2, 0.25) is 0 Å². The van der Waals surface area contributed by atoms with Crippen molar-refractivity contribution in [1.82, 2.24) is 16.0 Å². The molecule has 100 valence electrons. The summed E-state index contributed by atoms with van der Waals surface area (Å²) in [6, 6.07) is -0.132. The van der Waals surface area contributed by atoms with Gasteiger partial charge in [0.25, 0.3) is 0 Å². The summed E-state index contributed by atoms with van der Waals surface area (Å²) in [5, 5.41) is 9.07. The van der Waals surface area contributed by atoms with Crippen molar-refractivity contribution >= 4 is 6.03 Å². The van der Waals surface area contributed by atoms with Crippen molar-refractivity contribution in [3.63, 3.8) is 0 Å². The zero-order valence-electron chi connectivity index (χ0n) is 11.4. The molecule has 5 nitrogen and oxygen atoms in total. The summed E-state index contributed by atoms with van der Waals surface area (Å²) in [7, 11) is 1.72. The van der Waals surface area contributed by atoms with Gasteiger partial charge in [-0.1, -0.05) is 0 Å². The van der Waals surface area contributed by atoms with Crippen LogP contribution in [0.15, 0.2) is 0 Å². The Morgan fingerprint density at radius 2 is 1.94 bits per heavy atom. The number of hydrogen-bond donors (Lipinski definition) is 3. The predicted molar refractivity (Wildman–Crippen MR) is 68.1 cm³/mol. The van der Waals surface area contributed by atoms with Gasteiger partial charge in [-0.25, -0.2) is 4.79 Å². The Morgan fingerprint density at radius 3 is 2.41 bits per heavy atom. The molecule has 0 saturated carbocycles. The maximum atomic E-state index is 11.7. The summed E-state index contributed by atoms with van der Waals surface area (Å²) in [5.74, 6) is 0. The molecule has 0 unspecified atom stereocenters. The largest absolute Gasteiger partial charge is 0.376 e. The molecule has 1 fully saturated rings. The SMILES string of the molecule is COC1(CNC(=O)NC(C)(C)C)CCNCC1. The van der Waals surface area contributed by atoms with E-state index in [0.29, 0.717) is 6.54 Å². The fourth-order valence-electron chi connectivity index (χ4n) is 1.96. The van der Waals surface area contributed by atoms with Gasteiger partial charge in [-0.3, -0.25) is 0 Å². The molecule has 3 N–H and O–H groups in total. The molecule has 1 rings (SSSR count). The quantitative estimate of drug-likeness (QED) is 0.689. The molecule has 5 heteroatoms. The first-order chi connectivity index (χ1) is 7.87. The third-order valence-corrected chi connectivity index (χ3v) is 3.01. The first kappa shape index (κ1) is 14.3. The van der Waals surface area contributed by atoms with Crippen molar-refractivity contribution in [1.29, 1.82) is 0 Å². The second kappa shape index (κ2) is 5.69. The first-order valence-corrected chi connectivity index (χ1v) is 6.19. The van der Waals surface area contributed by atoms with Gasteiger partial charge in [0.05, 0.1) is 5.60 Å². The van der Waals surface area contributed by atoms with Gasteiger partial charge in [-0.2, -0.15) is 0 Å². The van der Waals surface area contributed by atoms with Crippen molar-refractivity contribution in [3.05, 3.63) is 0 Å². The van der Waals surface area contributed by atoms with Crippen LogP contribution in [-0.4, -0.2) is 43.9 Å². The number of carbonyl (C=O) groups is 1. The summed E-state index contributed by atoms with van der Waals surface area (Å²) in [6.07, 6.45) is 1.86. The van der Waals surface area contributed by atoms with Gasteiger partial charge in [-0.15, -0.1) is 0 Å². The smallest absolute Gasteiger partial charge is 0.315 e. The molecular weight excluding hydrogens is 218 g/mol. The number of hydrogen-bond acceptors (Lipinski definition) is 3. The molecule has 0 atom stereocenters. The van der Waals surface area contributed by atoms with Crippen molar-refractivity contribution in [2.24, 2.45) is 0 Å². The van der Waals surface area contributed by atoms with Crippen molar-refractivity contribution in [2.75, 3.05) is 26.7 Å². The number of urea groups is 1. The Labute approximate surface area is 104 Å². The van der Waals surface area contributed by atoms with Gasteiger partial charge in [-0.05, 0) is 46.7 Å². The van der Waals surface area contributed by atoms with Crippen LogP contribution in [0.5, 0.6) is 0 Å². The van der Waals surface area contributed by atoms with Crippen LogP contribution in [0.1, 0.15) is 33.6 Å². The van der Waals surface area contributed by atoms with E-state index in [0.717, 1.165) is 25.9 Å². The third-order valence-electron chi connectivity index (χ3n) is 3.01. The molecule has 1 heterocycles. The van der Waals surface area contributed by atoms with E-state index in [2.05, 4.69) is 16.0 Å². The second-order valence-electron chi connectivity index (χ2n) is 5.69. The van der Waals surface area contributed by atoms with Gasteiger partial charge in [0.15, 0.2) is 0 Å². The van der Waals surface area contributed by atoms with Crippen LogP contribution in [-0.2, 0) is 4.74 Å². The molecule has 0 aromatic rings. The lowest BCUT2D eigenvalue weighted by molar-refractivity contribution is -0.0304. The zero-order chi connectivity index (χ0) is 12.9. The van der Waals surface area contributed by atoms with E-state index in [4.69, 9.17) is 4.74 Å². The normalized spacial score (nSPS) is 19.8. The highest BCUT2D eigenvalue weighted by atomic mass is 16.5. The second-order valence-corrected chi connectivity index (χ2v) is 5.69. The van der Waals surface area contributed by atoms with E-state index in [9.17, 15) is 4.79 Å². The first-order valence-electron chi connectivity index (χ1n) is 6.19. The molecule has 1 aliphatic heterocycles. The predicted octanol–water partition coefficient (Wildman–Crippen LogP) is 0.853. The Bertz CT molecular complexity index is 255. The third kappa shape index (κ3) is 4.91. The van der Waals surface area contributed by atoms with E-state index in [1.54, 1.807) is 7.11 Å². The van der Waals surface area contributed by atoms with Crippen molar-refractivity contribution in [2.45, 2.75) is 44.8 Å². The molecule has 17 heavy (non-hydrogen) atoms. The zero-order valence-corrected chi connectivity index (χ0v) is 11.4. The summed E-state index contributed by atoms with van der Waals surface area (Å²) in [5.41, 5.74) is -0.418. The monoisotopic (exact) mass is 243 g/mol. The van der Waals surface area contributed by atoms with Gasteiger partial charge in [0.2, 0.25) is 0 Å². The number of ether oxygens (including phenoxy) is 1. The Morgan fingerprint density at radius 1 is 1.35 bits per heavy atom. The fraction of sp³-hybridized carbons (Fsp3) is 0.917. The lowest BCUT2D eigenvalue weighted by Gasteiger charge is -2.36. The average Bonchev–Trinajstić information content (AvgIpc) is 2.25. The summed E-state index contributed by atoms with van der Waals surface area (Å²) >= 11 is 0. The number of carbonyl (C=O) groups excluding carboxylic acids is 1. The Hall–Kier alpha value is -0.810. The summed E-state index contributed by atoms with van der Waals surface area (Å²) in [4.78, 5) is 11.7. The van der Waals surface area contributed by atoms with E-state index in [1.807, 2.05) is 20.8 Å². The fourth-order valence-corrected chi connectivity index (χ4v) is 1.96. The minimum atomic E-state index is -0.210. The maximum Gasteiger partial charge on any atom is 0.315 e. The number of piperidine rings is 1. The molecule has 0 aromatic carbocycles. The number of amides is 2. The van der Waals surface area contributed by atoms with E-state index < -0.39 is 0 Å². The van der Waals surface area contributed by atoms with Crippen LogP contribution < -0.4 is 16.0 Å². The van der Waals surface area contributed by atoms with Gasteiger partial charge in [0, 0.05) is 19.2 Å². The van der Waals surface area contributed by atoms with Crippen LogP contribution in [0.3, 0.4) is 0 Å².